The Labute approximate surface area is 117 Å². The molecule has 3 atom stereocenters. The predicted molar refractivity (Wildman–Crippen MR) is 74.4 cm³/mol. The fourth-order valence-corrected chi connectivity index (χ4v) is 3.34. The Kier molecular flexibility index (Phi) is 3.25. The van der Waals surface area contributed by atoms with Gasteiger partial charge in [-0.05, 0) is 24.8 Å². The highest BCUT2D eigenvalue weighted by molar-refractivity contribution is 5.95. The quantitative estimate of drug-likeness (QED) is 0.772. The molecule has 6 nitrogen and oxygen atoms in total. The predicted octanol–water partition coefficient (Wildman–Crippen LogP) is 0.657. The Morgan fingerprint density at radius 2 is 2.30 bits per heavy atom. The molecule has 20 heavy (non-hydrogen) atoms. The molecule has 0 radical (unpaired) electrons. The van der Waals surface area contributed by atoms with Crippen LogP contribution < -0.4 is 10.6 Å². The Morgan fingerprint density at radius 3 is 3.00 bits per heavy atom. The van der Waals surface area contributed by atoms with Crippen molar-refractivity contribution in [1.82, 2.24) is 4.98 Å². The van der Waals surface area contributed by atoms with E-state index in [0.717, 1.165) is 31.7 Å². The lowest BCUT2D eigenvalue weighted by Crippen LogP contribution is -2.25. The monoisotopic (exact) mass is 277 g/mol. The highest BCUT2D eigenvalue weighted by Crippen LogP contribution is 2.39. The molecule has 0 bridgehead atoms. The SMILES string of the molecule is COC(=O)c1cc(N2CC3CCC(O)C3C2)ncc1N. The number of aliphatic hydroxyl groups excluding tert-OH is 1. The molecule has 0 spiro atoms. The maximum Gasteiger partial charge on any atom is 0.340 e. The Balaban J connectivity index is 1.83. The van der Waals surface area contributed by atoms with E-state index in [1.165, 1.54) is 13.3 Å². The van der Waals surface area contributed by atoms with Gasteiger partial charge in [0, 0.05) is 19.0 Å². The number of ether oxygens (including phenoxy) is 1. The largest absolute Gasteiger partial charge is 0.465 e. The third kappa shape index (κ3) is 2.10. The van der Waals surface area contributed by atoms with Gasteiger partial charge in [0.15, 0.2) is 0 Å². The maximum absolute atomic E-state index is 11.7. The van der Waals surface area contributed by atoms with Crippen molar-refractivity contribution in [2.24, 2.45) is 11.8 Å². The minimum absolute atomic E-state index is 0.209. The number of aliphatic hydroxyl groups is 1. The van der Waals surface area contributed by atoms with Gasteiger partial charge in [-0.1, -0.05) is 0 Å². The number of nitrogens with two attached hydrogens (primary N) is 1. The van der Waals surface area contributed by atoms with Gasteiger partial charge < -0.3 is 20.5 Å². The lowest BCUT2D eigenvalue weighted by Gasteiger charge is -2.20. The molecule has 2 heterocycles. The van der Waals surface area contributed by atoms with E-state index in [4.69, 9.17) is 10.5 Å². The van der Waals surface area contributed by atoms with Crippen molar-refractivity contribution in [3.05, 3.63) is 17.8 Å². The average molecular weight is 277 g/mol. The molecule has 3 rings (SSSR count). The highest BCUT2D eigenvalue weighted by Gasteiger charge is 2.42. The Bertz CT molecular complexity index is 534. The van der Waals surface area contributed by atoms with Crippen LogP contribution in [0.2, 0.25) is 0 Å². The van der Waals surface area contributed by atoms with Gasteiger partial charge in [0.25, 0.3) is 0 Å². The third-order valence-electron chi connectivity index (χ3n) is 4.47. The summed E-state index contributed by atoms with van der Waals surface area (Å²) < 4.78 is 4.72. The number of esters is 1. The lowest BCUT2D eigenvalue weighted by molar-refractivity contribution is 0.0602. The molecule has 1 saturated heterocycles. The van der Waals surface area contributed by atoms with Gasteiger partial charge in [-0.2, -0.15) is 0 Å². The summed E-state index contributed by atoms with van der Waals surface area (Å²) in [6.45, 7) is 1.66. The smallest absolute Gasteiger partial charge is 0.340 e. The topological polar surface area (TPSA) is 88.7 Å². The van der Waals surface area contributed by atoms with Crippen molar-refractivity contribution in [1.29, 1.82) is 0 Å². The first-order chi connectivity index (χ1) is 9.60. The van der Waals surface area contributed by atoms with E-state index in [0.29, 0.717) is 23.1 Å². The number of nitrogen functional groups attached to an aromatic ring is 1. The number of anilines is 2. The first kappa shape index (κ1) is 13.2. The second-order valence-electron chi connectivity index (χ2n) is 5.59. The number of methoxy groups -OCH3 is 1. The van der Waals surface area contributed by atoms with Crippen LogP contribution in [0.15, 0.2) is 12.3 Å². The van der Waals surface area contributed by atoms with Gasteiger partial charge in [-0.15, -0.1) is 0 Å². The van der Waals surface area contributed by atoms with Crippen molar-refractivity contribution in [3.8, 4) is 0 Å². The van der Waals surface area contributed by atoms with E-state index in [2.05, 4.69) is 9.88 Å². The van der Waals surface area contributed by atoms with E-state index in [-0.39, 0.29) is 6.10 Å². The summed E-state index contributed by atoms with van der Waals surface area (Å²) in [6.07, 6.45) is 3.23. The summed E-state index contributed by atoms with van der Waals surface area (Å²) in [5, 5.41) is 9.95. The Morgan fingerprint density at radius 1 is 1.50 bits per heavy atom. The standard InChI is InChI=1S/C14H19N3O3/c1-20-14(19)9-4-13(16-5-11(9)15)17-6-8-2-3-12(18)10(8)7-17/h4-5,8,10,12,18H,2-3,6-7,15H2,1H3. The number of carbonyl (C=O) groups excluding carboxylic acids is 1. The zero-order valence-corrected chi connectivity index (χ0v) is 11.5. The number of nitrogens with zero attached hydrogens (tertiary/aromatic N) is 2. The second-order valence-corrected chi connectivity index (χ2v) is 5.59. The molecule has 1 aliphatic carbocycles. The van der Waals surface area contributed by atoms with Crippen LogP contribution in [0.4, 0.5) is 11.5 Å². The molecule has 1 aromatic rings. The summed E-state index contributed by atoms with van der Waals surface area (Å²) in [5.41, 5.74) is 6.42. The Hall–Kier alpha value is -1.82. The van der Waals surface area contributed by atoms with Gasteiger partial charge in [-0.25, -0.2) is 9.78 Å². The molecule has 3 unspecified atom stereocenters. The van der Waals surface area contributed by atoms with Crippen LogP contribution in [0.3, 0.4) is 0 Å². The van der Waals surface area contributed by atoms with E-state index >= 15 is 0 Å². The molecule has 1 aromatic heterocycles. The highest BCUT2D eigenvalue weighted by atomic mass is 16.5. The number of pyridine rings is 1. The number of aromatic nitrogens is 1. The molecule has 1 saturated carbocycles. The van der Waals surface area contributed by atoms with Crippen LogP contribution in [0.5, 0.6) is 0 Å². The van der Waals surface area contributed by atoms with E-state index in [1.807, 2.05) is 0 Å². The first-order valence-electron chi connectivity index (χ1n) is 6.87. The normalized spacial score (nSPS) is 28.5. The number of rotatable bonds is 2. The number of hydrogen-bond acceptors (Lipinski definition) is 6. The molecule has 2 aliphatic rings. The number of fused-ring (bicyclic) bond motifs is 1. The maximum atomic E-state index is 11.7. The van der Waals surface area contributed by atoms with E-state index in [9.17, 15) is 9.90 Å². The summed E-state index contributed by atoms with van der Waals surface area (Å²) in [7, 11) is 1.33. The average Bonchev–Trinajstić information content (AvgIpc) is 3.01. The molecular formula is C14H19N3O3. The van der Waals surface area contributed by atoms with Crippen LogP contribution >= 0.6 is 0 Å². The van der Waals surface area contributed by atoms with E-state index < -0.39 is 5.97 Å². The molecular weight excluding hydrogens is 258 g/mol. The van der Waals surface area contributed by atoms with Crippen molar-refractivity contribution < 1.29 is 14.6 Å². The van der Waals surface area contributed by atoms with Crippen molar-refractivity contribution in [2.45, 2.75) is 18.9 Å². The molecule has 3 N–H and O–H groups in total. The van der Waals surface area contributed by atoms with Gasteiger partial charge >= 0.3 is 5.97 Å². The molecule has 2 fully saturated rings. The first-order valence-corrected chi connectivity index (χ1v) is 6.87. The summed E-state index contributed by atoms with van der Waals surface area (Å²) >= 11 is 0. The molecule has 0 aromatic carbocycles. The second kappa shape index (κ2) is 4.94. The molecule has 6 heteroatoms. The third-order valence-corrected chi connectivity index (χ3v) is 4.47. The van der Waals surface area contributed by atoms with Crippen molar-refractivity contribution in [2.75, 3.05) is 30.8 Å². The summed E-state index contributed by atoms with van der Waals surface area (Å²) in [5.74, 6) is 1.11. The van der Waals surface area contributed by atoms with Crippen LogP contribution in [-0.2, 0) is 4.74 Å². The molecule has 0 amide bonds. The van der Waals surface area contributed by atoms with E-state index in [1.54, 1.807) is 6.07 Å². The number of hydrogen-bond donors (Lipinski definition) is 2. The lowest BCUT2D eigenvalue weighted by atomic mass is 10.00. The van der Waals surface area contributed by atoms with Gasteiger partial charge in [-0.3, -0.25) is 0 Å². The summed E-state index contributed by atoms with van der Waals surface area (Å²) in [6, 6.07) is 1.68. The zero-order chi connectivity index (χ0) is 14.3. The van der Waals surface area contributed by atoms with Gasteiger partial charge in [0.2, 0.25) is 0 Å². The van der Waals surface area contributed by atoms with Gasteiger partial charge in [0.05, 0.1) is 30.7 Å². The van der Waals surface area contributed by atoms with Crippen LogP contribution in [0, 0.1) is 11.8 Å². The minimum atomic E-state index is -0.453. The fourth-order valence-electron chi connectivity index (χ4n) is 3.34. The molecule has 108 valence electrons. The minimum Gasteiger partial charge on any atom is -0.465 e. The fraction of sp³-hybridized carbons (Fsp3) is 0.571. The van der Waals surface area contributed by atoms with Crippen molar-refractivity contribution in [3.63, 3.8) is 0 Å². The van der Waals surface area contributed by atoms with Gasteiger partial charge in [0.1, 0.15) is 5.82 Å². The zero-order valence-electron chi connectivity index (χ0n) is 11.5. The number of carbonyl (C=O) groups is 1. The van der Waals surface area contributed by atoms with Crippen LogP contribution in [0.1, 0.15) is 23.2 Å². The van der Waals surface area contributed by atoms with Crippen LogP contribution in [0.25, 0.3) is 0 Å². The van der Waals surface area contributed by atoms with Crippen LogP contribution in [-0.4, -0.2) is 42.4 Å². The molecule has 1 aliphatic heterocycles. The van der Waals surface area contributed by atoms with Crippen molar-refractivity contribution >= 4 is 17.5 Å². The summed E-state index contributed by atoms with van der Waals surface area (Å²) in [4.78, 5) is 18.1.